The van der Waals surface area contributed by atoms with Crippen molar-refractivity contribution < 1.29 is 0 Å². The van der Waals surface area contributed by atoms with Crippen molar-refractivity contribution in [3.8, 4) is 11.3 Å². The molecular formula is C14H22N4S2. The highest BCUT2D eigenvalue weighted by Crippen LogP contribution is 2.38. The molecule has 2 heterocycles. The third-order valence-corrected chi connectivity index (χ3v) is 5.45. The van der Waals surface area contributed by atoms with E-state index in [-0.39, 0.29) is 5.41 Å². The van der Waals surface area contributed by atoms with E-state index in [0.29, 0.717) is 11.7 Å². The molecule has 0 saturated carbocycles. The SMILES string of the molecule is Cc1nc(-c2c(N)nsc2NCC(C)(C)C(C)C)cs1. The number of aromatic nitrogens is 2. The second-order valence-electron chi connectivity index (χ2n) is 6.02. The zero-order chi connectivity index (χ0) is 14.9. The minimum atomic E-state index is 0.216. The van der Waals surface area contributed by atoms with E-state index in [4.69, 9.17) is 5.73 Å². The molecule has 0 radical (unpaired) electrons. The first-order valence-corrected chi connectivity index (χ1v) is 8.38. The summed E-state index contributed by atoms with van der Waals surface area (Å²) >= 11 is 3.04. The lowest BCUT2D eigenvalue weighted by Gasteiger charge is -2.29. The summed E-state index contributed by atoms with van der Waals surface area (Å²) in [5, 5.41) is 7.60. The molecule has 20 heavy (non-hydrogen) atoms. The highest BCUT2D eigenvalue weighted by molar-refractivity contribution is 7.11. The van der Waals surface area contributed by atoms with Crippen LogP contribution in [-0.4, -0.2) is 15.9 Å². The van der Waals surface area contributed by atoms with Gasteiger partial charge in [-0.15, -0.1) is 11.3 Å². The summed E-state index contributed by atoms with van der Waals surface area (Å²) in [6.07, 6.45) is 0. The Bertz CT molecular complexity index is 584. The van der Waals surface area contributed by atoms with Gasteiger partial charge in [-0.2, -0.15) is 4.37 Å². The topological polar surface area (TPSA) is 63.8 Å². The van der Waals surface area contributed by atoms with Crippen molar-refractivity contribution in [3.05, 3.63) is 10.4 Å². The Morgan fingerprint density at radius 1 is 1.40 bits per heavy atom. The number of nitrogen functional groups attached to an aromatic ring is 1. The Hall–Kier alpha value is -1.14. The molecule has 4 nitrogen and oxygen atoms in total. The quantitative estimate of drug-likeness (QED) is 0.866. The molecule has 2 aromatic heterocycles. The van der Waals surface area contributed by atoms with Gasteiger partial charge in [0.25, 0.3) is 0 Å². The largest absolute Gasteiger partial charge is 0.382 e. The molecule has 2 rings (SSSR count). The summed E-state index contributed by atoms with van der Waals surface area (Å²) in [6.45, 7) is 11.9. The van der Waals surface area contributed by atoms with Crippen LogP contribution in [0.1, 0.15) is 32.7 Å². The normalized spacial score (nSPS) is 12.1. The second-order valence-corrected chi connectivity index (χ2v) is 7.86. The molecule has 6 heteroatoms. The van der Waals surface area contributed by atoms with Gasteiger partial charge in [-0.1, -0.05) is 27.7 Å². The first-order chi connectivity index (χ1) is 9.31. The first-order valence-electron chi connectivity index (χ1n) is 6.73. The first kappa shape index (κ1) is 15.3. The van der Waals surface area contributed by atoms with E-state index in [0.717, 1.165) is 27.8 Å². The van der Waals surface area contributed by atoms with Crippen LogP contribution >= 0.6 is 22.9 Å². The van der Waals surface area contributed by atoms with E-state index >= 15 is 0 Å². The maximum absolute atomic E-state index is 6.01. The molecule has 0 amide bonds. The van der Waals surface area contributed by atoms with Gasteiger partial charge < -0.3 is 11.1 Å². The van der Waals surface area contributed by atoms with Crippen molar-refractivity contribution in [1.29, 1.82) is 0 Å². The number of aryl methyl sites for hydroxylation is 1. The van der Waals surface area contributed by atoms with Crippen LogP contribution in [0.2, 0.25) is 0 Å². The standard InChI is InChI=1S/C14H22N4S2/c1-8(2)14(4,5)7-16-13-11(12(15)18-20-13)10-6-19-9(3)17-10/h6,8,16H,7H2,1-5H3,(H2,15,18). The van der Waals surface area contributed by atoms with Crippen molar-refractivity contribution in [3.63, 3.8) is 0 Å². The summed E-state index contributed by atoms with van der Waals surface area (Å²) < 4.78 is 4.27. The predicted octanol–water partition coefficient (Wildman–Crippen LogP) is 4.25. The number of anilines is 2. The van der Waals surface area contributed by atoms with Gasteiger partial charge in [-0.05, 0) is 29.8 Å². The molecule has 2 aromatic rings. The van der Waals surface area contributed by atoms with Crippen LogP contribution in [0, 0.1) is 18.3 Å². The zero-order valence-electron chi connectivity index (χ0n) is 12.7. The van der Waals surface area contributed by atoms with Gasteiger partial charge in [0.2, 0.25) is 0 Å². The van der Waals surface area contributed by atoms with E-state index in [1.807, 2.05) is 12.3 Å². The van der Waals surface area contributed by atoms with Crippen molar-refractivity contribution in [2.24, 2.45) is 11.3 Å². The highest BCUT2D eigenvalue weighted by atomic mass is 32.1. The summed E-state index contributed by atoms with van der Waals surface area (Å²) in [5.74, 6) is 1.16. The van der Waals surface area contributed by atoms with Crippen LogP contribution < -0.4 is 11.1 Å². The molecule has 0 atom stereocenters. The van der Waals surface area contributed by atoms with Crippen molar-refractivity contribution in [1.82, 2.24) is 9.36 Å². The number of nitrogens with one attached hydrogen (secondary N) is 1. The summed E-state index contributed by atoms with van der Waals surface area (Å²) in [4.78, 5) is 4.52. The Kier molecular flexibility index (Phi) is 4.34. The van der Waals surface area contributed by atoms with Crippen LogP contribution in [0.25, 0.3) is 11.3 Å². The second kappa shape index (κ2) is 5.69. The predicted molar refractivity (Wildman–Crippen MR) is 89.5 cm³/mol. The molecule has 3 N–H and O–H groups in total. The smallest absolute Gasteiger partial charge is 0.148 e. The Labute approximate surface area is 128 Å². The number of hydrogen-bond donors (Lipinski definition) is 2. The van der Waals surface area contributed by atoms with Gasteiger partial charge in [0, 0.05) is 11.9 Å². The van der Waals surface area contributed by atoms with E-state index < -0.39 is 0 Å². The van der Waals surface area contributed by atoms with Gasteiger partial charge in [-0.25, -0.2) is 4.98 Å². The molecule has 0 saturated heterocycles. The van der Waals surface area contributed by atoms with E-state index in [9.17, 15) is 0 Å². The number of nitrogens with zero attached hydrogens (tertiary/aromatic N) is 2. The van der Waals surface area contributed by atoms with Gasteiger partial charge in [-0.3, -0.25) is 0 Å². The van der Waals surface area contributed by atoms with Crippen LogP contribution in [-0.2, 0) is 0 Å². The van der Waals surface area contributed by atoms with Crippen LogP contribution in [0.3, 0.4) is 0 Å². The third kappa shape index (κ3) is 3.12. The monoisotopic (exact) mass is 310 g/mol. The number of rotatable bonds is 5. The van der Waals surface area contributed by atoms with Crippen LogP contribution in [0.4, 0.5) is 10.8 Å². The molecular weight excluding hydrogens is 288 g/mol. The average Bonchev–Trinajstić information content (AvgIpc) is 2.93. The lowest BCUT2D eigenvalue weighted by molar-refractivity contribution is 0.270. The molecule has 0 unspecified atom stereocenters. The minimum absolute atomic E-state index is 0.216. The number of hydrogen-bond acceptors (Lipinski definition) is 6. The van der Waals surface area contributed by atoms with E-state index in [2.05, 4.69) is 42.4 Å². The Morgan fingerprint density at radius 2 is 2.10 bits per heavy atom. The van der Waals surface area contributed by atoms with Gasteiger partial charge in [0.05, 0.1) is 16.3 Å². The fourth-order valence-electron chi connectivity index (χ4n) is 1.66. The molecule has 0 aromatic carbocycles. The zero-order valence-corrected chi connectivity index (χ0v) is 14.3. The van der Waals surface area contributed by atoms with Crippen molar-refractivity contribution >= 4 is 33.7 Å². The fourth-order valence-corrected chi connectivity index (χ4v) is 2.98. The van der Waals surface area contributed by atoms with E-state index in [1.165, 1.54) is 11.5 Å². The molecule has 110 valence electrons. The molecule has 0 aliphatic carbocycles. The Balaban J connectivity index is 2.22. The molecule has 0 aliphatic rings. The fraction of sp³-hybridized carbons (Fsp3) is 0.571. The van der Waals surface area contributed by atoms with Crippen molar-refractivity contribution in [2.45, 2.75) is 34.6 Å². The van der Waals surface area contributed by atoms with Gasteiger partial charge >= 0.3 is 0 Å². The number of thiazole rings is 1. The number of nitrogens with two attached hydrogens (primary N) is 1. The lowest BCUT2D eigenvalue weighted by atomic mass is 9.81. The minimum Gasteiger partial charge on any atom is -0.382 e. The molecule has 0 bridgehead atoms. The molecule has 0 aliphatic heterocycles. The molecule has 0 spiro atoms. The average molecular weight is 310 g/mol. The lowest BCUT2D eigenvalue weighted by Crippen LogP contribution is -2.28. The van der Waals surface area contributed by atoms with Crippen molar-refractivity contribution in [2.75, 3.05) is 17.6 Å². The maximum atomic E-state index is 6.01. The maximum Gasteiger partial charge on any atom is 0.148 e. The summed E-state index contributed by atoms with van der Waals surface area (Å²) in [5.41, 5.74) is 8.09. The van der Waals surface area contributed by atoms with Crippen LogP contribution in [0.5, 0.6) is 0 Å². The van der Waals surface area contributed by atoms with Gasteiger partial charge in [0.1, 0.15) is 10.8 Å². The third-order valence-electron chi connectivity index (χ3n) is 3.86. The van der Waals surface area contributed by atoms with Gasteiger partial charge in [0.15, 0.2) is 0 Å². The highest BCUT2D eigenvalue weighted by Gasteiger charge is 2.24. The summed E-state index contributed by atoms with van der Waals surface area (Å²) in [6, 6.07) is 0. The summed E-state index contributed by atoms with van der Waals surface area (Å²) in [7, 11) is 0. The van der Waals surface area contributed by atoms with Crippen LogP contribution in [0.15, 0.2) is 5.38 Å². The molecule has 0 fully saturated rings. The Morgan fingerprint density at radius 3 is 2.65 bits per heavy atom. The van der Waals surface area contributed by atoms with E-state index in [1.54, 1.807) is 11.3 Å².